The number of nitrogens with zero attached hydrogens (tertiary/aromatic N) is 4. The zero-order valence-corrected chi connectivity index (χ0v) is 13.8. The quantitative estimate of drug-likeness (QED) is 0.784. The van der Waals surface area contributed by atoms with Crippen LogP contribution in [-0.4, -0.2) is 41.3 Å². The second kappa shape index (κ2) is 7.95. The van der Waals surface area contributed by atoms with Crippen molar-refractivity contribution in [3.05, 3.63) is 24.5 Å². The maximum atomic E-state index is 12.4. The van der Waals surface area contributed by atoms with Crippen molar-refractivity contribution in [3.8, 4) is 10.6 Å². The molecule has 0 N–H and O–H groups in total. The zero-order chi connectivity index (χ0) is 15.9. The monoisotopic (exact) mass is 320 g/mol. The average Bonchev–Trinajstić information content (AvgIpc) is 2.97. The van der Waals surface area contributed by atoms with Gasteiger partial charge in [0.15, 0.2) is 5.01 Å². The first-order valence-corrected chi connectivity index (χ1v) is 7.96. The lowest BCUT2D eigenvalue weighted by atomic mass is 10.1. The number of methoxy groups -OCH3 is 1. The number of amides is 1. The molecule has 0 aliphatic heterocycles. The summed E-state index contributed by atoms with van der Waals surface area (Å²) in [6, 6.07) is 3.77. The third kappa shape index (κ3) is 4.32. The third-order valence-corrected chi connectivity index (χ3v) is 3.95. The van der Waals surface area contributed by atoms with Crippen molar-refractivity contribution in [1.29, 1.82) is 0 Å². The lowest BCUT2D eigenvalue weighted by Crippen LogP contribution is -2.34. The number of carbonyl (C=O) groups excluding carboxylic acids is 1. The van der Waals surface area contributed by atoms with Crippen molar-refractivity contribution < 1.29 is 9.53 Å². The lowest BCUT2D eigenvalue weighted by molar-refractivity contribution is -0.119. The van der Waals surface area contributed by atoms with E-state index in [2.05, 4.69) is 15.2 Å². The van der Waals surface area contributed by atoms with Crippen LogP contribution in [0.15, 0.2) is 24.5 Å². The van der Waals surface area contributed by atoms with E-state index in [9.17, 15) is 4.79 Å². The van der Waals surface area contributed by atoms with E-state index >= 15 is 0 Å². The van der Waals surface area contributed by atoms with Gasteiger partial charge in [-0.15, -0.1) is 10.2 Å². The summed E-state index contributed by atoms with van der Waals surface area (Å²) in [4.78, 5) is 18.1. The highest BCUT2D eigenvalue weighted by atomic mass is 32.1. The van der Waals surface area contributed by atoms with Crippen molar-refractivity contribution in [2.75, 3.05) is 25.2 Å². The van der Waals surface area contributed by atoms with Gasteiger partial charge in [-0.05, 0) is 18.1 Å². The predicted octanol–water partition coefficient (Wildman–Crippen LogP) is 2.63. The second-order valence-electron chi connectivity index (χ2n) is 5.27. The SMILES string of the molecule is COCCN(C(=O)CC(C)C)c1nnc(-c2cccnc2)s1. The molecule has 2 rings (SSSR count). The topological polar surface area (TPSA) is 68.2 Å². The van der Waals surface area contributed by atoms with Crippen LogP contribution in [-0.2, 0) is 9.53 Å². The van der Waals surface area contributed by atoms with Crippen LogP contribution in [0.1, 0.15) is 20.3 Å². The summed E-state index contributed by atoms with van der Waals surface area (Å²) in [6.45, 7) is 4.98. The summed E-state index contributed by atoms with van der Waals surface area (Å²) in [5.41, 5.74) is 0.897. The number of hydrogen-bond donors (Lipinski definition) is 0. The molecule has 2 heterocycles. The number of anilines is 1. The fourth-order valence-electron chi connectivity index (χ4n) is 1.90. The predicted molar refractivity (Wildman–Crippen MR) is 86.8 cm³/mol. The Morgan fingerprint density at radius 2 is 2.23 bits per heavy atom. The van der Waals surface area contributed by atoms with Gasteiger partial charge in [-0.2, -0.15) is 0 Å². The summed E-state index contributed by atoms with van der Waals surface area (Å²) in [6.07, 6.45) is 3.92. The fraction of sp³-hybridized carbons (Fsp3) is 0.467. The molecule has 0 aliphatic carbocycles. The van der Waals surface area contributed by atoms with Crippen molar-refractivity contribution in [2.45, 2.75) is 20.3 Å². The Bertz CT molecular complexity index is 601. The van der Waals surface area contributed by atoms with Gasteiger partial charge in [0.05, 0.1) is 13.2 Å². The third-order valence-electron chi connectivity index (χ3n) is 2.96. The molecule has 0 fully saturated rings. The minimum atomic E-state index is 0.0425. The lowest BCUT2D eigenvalue weighted by Gasteiger charge is -2.19. The summed E-state index contributed by atoms with van der Waals surface area (Å²) in [5, 5.41) is 9.69. The highest BCUT2D eigenvalue weighted by Crippen LogP contribution is 2.28. The van der Waals surface area contributed by atoms with E-state index in [4.69, 9.17) is 4.74 Å². The Balaban J connectivity index is 2.20. The van der Waals surface area contributed by atoms with E-state index in [1.165, 1.54) is 11.3 Å². The van der Waals surface area contributed by atoms with E-state index in [-0.39, 0.29) is 5.91 Å². The number of pyridine rings is 1. The van der Waals surface area contributed by atoms with E-state index in [1.54, 1.807) is 24.4 Å². The highest BCUT2D eigenvalue weighted by Gasteiger charge is 2.21. The molecule has 22 heavy (non-hydrogen) atoms. The van der Waals surface area contributed by atoms with Crippen LogP contribution in [0.25, 0.3) is 10.6 Å². The van der Waals surface area contributed by atoms with E-state index < -0.39 is 0 Å². The summed E-state index contributed by atoms with van der Waals surface area (Å²) >= 11 is 1.39. The standard InChI is InChI=1S/C15H20N4O2S/c1-11(2)9-13(20)19(7-8-21-3)15-18-17-14(22-15)12-5-4-6-16-10-12/h4-6,10-11H,7-9H2,1-3H3. The van der Waals surface area contributed by atoms with Crippen LogP contribution in [0.3, 0.4) is 0 Å². The molecule has 0 aliphatic rings. The molecule has 2 aromatic heterocycles. The van der Waals surface area contributed by atoms with E-state index in [0.717, 1.165) is 10.6 Å². The van der Waals surface area contributed by atoms with Crippen molar-refractivity contribution in [3.63, 3.8) is 0 Å². The van der Waals surface area contributed by atoms with Gasteiger partial charge in [-0.3, -0.25) is 14.7 Å². The van der Waals surface area contributed by atoms with Crippen LogP contribution in [0.5, 0.6) is 0 Å². The Labute approximate surface area is 134 Å². The van der Waals surface area contributed by atoms with Gasteiger partial charge in [0.1, 0.15) is 0 Å². The molecule has 118 valence electrons. The Morgan fingerprint density at radius 3 is 2.86 bits per heavy atom. The molecular formula is C15H20N4O2S. The zero-order valence-electron chi connectivity index (χ0n) is 13.0. The van der Waals surface area contributed by atoms with Crippen LogP contribution in [0.2, 0.25) is 0 Å². The van der Waals surface area contributed by atoms with Crippen LogP contribution >= 0.6 is 11.3 Å². The van der Waals surface area contributed by atoms with Gasteiger partial charge in [-0.25, -0.2) is 0 Å². The van der Waals surface area contributed by atoms with Crippen LogP contribution < -0.4 is 4.90 Å². The molecular weight excluding hydrogens is 300 g/mol. The maximum Gasteiger partial charge on any atom is 0.229 e. The average molecular weight is 320 g/mol. The van der Waals surface area contributed by atoms with Gasteiger partial charge >= 0.3 is 0 Å². The highest BCUT2D eigenvalue weighted by molar-refractivity contribution is 7.18. The molecule has 6 nitrogen and oxygen atoms in total. The first kappa shape index (κ1) is 16.5. The van der Waals surface area contributed by atoms with E-state index in [0.29, 0.717) is 30.6 Å². The van der Waals surface area contributed by atoms with Gasteiger partial charge in [0.2, 0.25) is 11.0 Å². The van der Waals surface area contributed by atoms with Crippen molar-refractivity contribution in [2.24, 2.45) is 5.92 Å². The fourth-order valence-corrected chi connectivity index (χ4v) is 2.78. The number of carbonyl (C=O) groups is 1. The molecule has 0 saturated carbocycles. The molecule has 0 radical (unpaired) electrons. The summed E-state index contributed by atoms with van der Waals surface area (Å²) in [5.74, 6) is 0.337. The van der Waals surface area contributed by atoms with Gasteiger partial charge in [0.25, 0.3) is 0 Å². The molecule has 0 unspecified atom stereocenters. The van der Waals surface area contributed by atoms with Gasteiger partial charge in [0, 0.05) is 31.5 Å². The Kier molecular flexibility index (Phi) is 5.97. The molecule has 7 heteroatoms. The normalized spacial score (nSPS) is 10.9. The minimum absolute atomic E-state index is 0.0425. The smallest absolute Gasteiger partial charge is 0.229 e. The van der Waals surface area contributed by atoms with Gasteiger partial charge in [-0.1, -0.05) is 25.2 Å². The molecule has 0 bridgehead atoms. The number of aromatic nitrogens is 3. The minimum Gasteiger partial charge on any atom is -0.383 e. The molecule has 2 aromatic rings. The summed E-state index contributed by atoms with van der Waals surface area (Å²) in [7, 11) is 1.62. The molecule has 0 spiro atoms. The number of hydrogen-bond acceptors (Lipinski definition) is 6. The second-order valence-corrected chi connectivity index (χ2v) is 6.22. The summed E-state index contributed by atoms with van der Waals surface area (Å²) < 4.78 is 5.09. The van der Waals surface area contributed by atoms with Crippen molar-refractivity contribution >= 4 is 22.4 Å². The van der Waals surface area contributed by atoms with E-state index in [1.807, 2.05) is 26.0 Å². The van der Waals surface area contributed by atoms with Crippen molar-refractivity contribution in [1.82, 2.24) is 15.2 Å². The number of rotatable bonds is 7. The Morgan fingerprint density at radius 1 is 1.41 bits per heavy atom. The number of ether oxygens (including phenoxy) is 1. The largest absolute Gasteiger partial charge is 0.383 e. The van der Waals surface area contributed by atoms with Gasteiger partial charge < -0.3 is 4.74 Å². The first-order valence-electron chi connectivity index (χ1n) is 7.15. The Hall–Kier alpha value is -1.86. The first-order chi connectivity index (χ1) is 10.6. The molecule has 0 aromatic carbocycles. The molecule has 0 saturated heterocycles. The molecule has 0 atom stereocenters. The maximum absolute atomic E-state index is 12.4. The molecule has 1 amide bonds. The van der Waals surface area contributed by atoms with Crippen LogP contribution in [0.4, 0.5) is 5.13 Å². The van der Waals surface area contributed by atoms with Crippen LogP contribution in [0, 0.1) is 5.92 Å².